The van der Waals surface area contributed by atoms with Gasteiger partial charge in [0.25, 0.3) is 0 Å². The number of aromatic nitrogens is 3. The van der Waals surface area contributed by atoms with Crippen LogP contribution in [0.1, 0.15) is 16.9 Å². The largest absolute Gasteiger partial charge is 0.481 e. The molecule has 0 aliphatic rings. The number of ether oxygens (including phenoxy) is 1. The van der Waals surface area contributed by atoms with Crippen molar-refractivity contribution in [2.24, 2.45) is 0 Å². The Kier molecular flexibility index (Phi) is 3.21. The number of carbonyl (C=O) groups excluding carboxylic acids is 1. The highest BCUT2D eigenvalue weighted by Gasteiger charge is 2.17. The lowest BCUT2D eigenvalue weighted by Crippen LogP contribution is -2.11. The molecule has 0 amide bonds. The maximum absolute atomic E-state index is 11.1. The van der Waals surface area contributed by atoms with Crippen LogP contribution in [0.5, 0.6) is 0 Å². The van der Waals surface area contributed by atoms with Crippen molar-refractivity contribution < 1.29 is 19.4 Å². The van der Waals surface area contributed by atoms with Crippen molar-refractivity contribution in [3.8, 4) is 0 Å². The summed E-state index contributed by atoms with van der Waals surface area (Å²) in [5.41, 5.74) is 5.40. The van der Waals surface area contributed by atoms with E-state index in [1.54, 1.807) is 0 Å². The van der Waals surface area contributed by atoms with Crippen LogP contribution >= 0.6 is 0 Å². The van der Waals surface area contributed by atoms with Gasteiger partial charge in [-0.05, 0) is 0 Å². The maximum Gasteiger partial charge on any atom is 0.362 e. The van der Waals surface area contributed by atoms with Crippen LogP contribution in [0.3, 0.4) is 0 Å². The first-order valence-electron chi connectivity index (χ1n) is 4.05. The van der Waals surface area contributed by atoms with Crippen LogP contribution in [0.2, 0.25) is 0 Å². The van der Waals surface area contributed by atoms with Gasteiger partial charge in [0.05, 0.1) is 20.1 Å². The van der Waals surface area contributed by atoms with Crippen molar-refractivity contribution in [1.29, 1.82) is 0 Å². The third kappa shape index (κ3) is 2.42. The van der Waals surface area contributed by atoms with Gasteiger partial charge in [0, 0.05) is 0 Å². The molecule has 1 heterocycles. The van der Waals surface area contributed by atoms with Gasteiger partial charge in [0.15, 0.2) is 5.82 Å². The molecule has 0 aromatic carbocycles. The molecule has 8 nitrogen and oxygen atoms in total. The molecule has 8 heteroatoms. The summed E-state index contributed by atoms with van der Waals surface area (Å²) in [7, 11) is 1.19. The van der Waals surface area contributed by atoms with Gasteiger partial charge in [-0.1, -0.05) is 5.21 Å². The number of hydrogen-bond donors (Lipinski definition) is 2. The van der Waals surface area contributed by atoms with Gasteiger partial charge >= 0.3 is 11.9 Å². The number of hydrogen-bond acceptors (Lipinski definition) is 6. The molecule has 82 valence electrons. The van der Waals surface area contributed by atoms with E-state index in [-0.39, 0.29) is 24.5 Å². The first-order chi connectivity index (χ1) is 7.06. The monoisotopic (exact) mass is 214 g/mol. The molecular weight excluding hydrogens is 204 g/mol. The van der Waals surface area contributed by atoms with Gasteiger partial charge in [0.1, 0.15) is 0 Å². The quantitative estimate of drug-likeness (QED) is 0.624. The molecular formula is C7H10N4O4. The number of anilines is 1. The van der Waals surface area contributed by atoms with Crippen molar-refractivity contribution >= 4 is 17.8 Å². The molecule has 0 bridgehead atoms. The molecule has 0 atom stereocenters. The van der Waals surface area contributed by atoms with Crippen molar-refractivity contribution in [2.45, 2.75) is 13.0 Å². The zero-order chi connectivity index (χ0) is 11.4. The predicted molar refractivity (Wildman–Crippen MR) is 48.0 cm³/mol. The topological polar surface area (TPSA) is 120 Å². The molecule has 15 heavy (non-hydrogen) atoms. The highest BCUT2D eigenvalue weighted by molar-refractivity contribution is 5.91. The molecule has 1 aromatic rings. The second-order valence-corrected chi connectivity index (χ2v) is 2.68. The molecule has 0 aliphatic carbocycles. The Bertz CT molecular complexity index is 386. The average Bonchev–Trinajstić information content (AvgIpc) is 2.56. The zero-order valence-corrected chi connectivity index (χ0v) is 8.01. The fourth-order valence-electron chi connectivity index (χ4n) is 0.929. The van der Waals surface area contributed by atoms with Crippen LogP contribution in [0.25, 0.3) is 0 Å². The fourth-order valence-corrected chi connectivity index (χ4v) is 0.929. The molecule has 0 unspecified atom stereocenters. The highest BCUT2D eigenvalue weighted by atomic mass is 16.5. The Morgan fingerprint density at radius 3 is 2.80 bits per heavy atom. The smallest absolute Gasteiger partial charge is 0.362 e. The summed E-state index contributed by atoms with van der Waals surface area (Å²) in [5.74, 6) is -1.68. The van der Waals surface area contributed by atoms with E-state index in [2.05, 4.69) is 15.0 Å². The minimum atomic E-state index is -0.982. The molecule has 1 rings (SSSR count). The first kappa shape index (κ1) is 11.0. The second-order valence-electron chi connectivity index (χ2n) is 2.68. The summed E-state index contributed by atoms with van der Waals surface area (Å²) in [4.78, 5) is 21.3. The van der Waals surface area contributed by atoms with Crippen LogP contribution < -0.4 is 5.73 Å². The normalized spacial score (nSPS) is 9.93. The summed E-state index contributed by atoms with van der Waals surface area (Å²) in [6.07, 6.45) is -0.145. The highest BCUT2D eigenvalue weighted by Crippen LogP contribution is 2.09. The van der Waals surface area contributed by atoms with Crippen LogP contribution in [-0.4, -0.2) is 39.1 Å². The lowest BCUT2D eigenvalue weighted by Gasteiger charge is -2.00. The summed E-state index contributed by atoms with van der Waals surface area (Å²) in [6.45, 7) is 0.0607. The number of nitrogens with two attached hydrogens (primary N) is 1. The van der Waals surface area contributed by atoms with Crippen LogP contribution in [0.4, 0.5) is 5.82 Å². The number of esters is 1. The number of aliphatic carboxylic acids is 1. The molecule has 1 aromatic heterocycles. The Morgan fingerprint density at radius 1 is 1.60 bits per heavy atom. The molecule has 0 spiro atoms. The van der Waals surface area contributed by atoms with E-state index in [1.807, 2.05) is 0 Å². The van der Waals surface area contributed by atoms with Crippen molar-refractivity contribution in [1.82, 2.24) is 15.0 Å². The minimum absolute atomic E-state index is 0.00287. The zero-order valence-electron chi connectivity index (χ0n) is 8.01. The summed E-state index contributed by atoms with van der Waals surface area (Å²) >= 11 is 0. The van der Waals surface area contributed by atoms with Crippen molar-refractivity contribution in [3.05, 3.63) is 5.69 Å². The van der Waals surface area contributed by atoms with Gasteiger partial charge in [-0.15, -0.1) is 5.10 Å². The number of nitrogen functional groups attached to an aromatic ring is 1. The van der Waals surface area contributed by atoms with E-state index in [0.29, 0.717) is 0 Å². The second kappa shape index (κ2) is 4.40. The number of carboxylic acids is 1. The molecule has 3 N–H and O–H groups in total. The SMILES string of the molecule is COC(=O)c1nnn(CCC(=O)O)c1N. The van der Waals surface area contributed by atoms with E-state index in [0.717, 1.165) is 4.68 Å². The van der Waals surface area contributed by atoms with Gasteiger partial charge in [0.2, 0.25) is 5.69 Å². The number of rotatable bonds is 4. The van der Waals surface area contributed by atoms with E-state index < -0.39 is 11.9 Å². The average molecular weight is 214 g/mol. The number of nitrogens with zero attached hydrogens (tertiary/aromatic N) is 3. The minimum Gasteiger partial charge on any atom is -0.481 e. The van der Waals surface area contributed by atoms with E-state index >= 15 is 0 Å². The summed E-state index contributed by atoms with van der Waals surface area (Å²) in [6, 6.07) is 0. The molecule has 0 radical (unpaired) electrons. The molecule has 0 saturated carbocycles. The van der Waals surface area contributed by atoms with Gasteiger partial charge in [-0.25, -0.2) is 9.48 Å². The Balaban J connectivity index is 2.80. The fraction of sp³-hybridized carbons (Fsp3) is 0.429. The summed E-state index contributed by atoms with van der Waals surface area (Å²) < 4.78 is 5.54. The molecule has 0 saturated heterocycles. The summed E-state index contributed by atoms with van der Waals surface area (Å²) in [5, 5.41) is 15.5. The van der Waals surface area contributed by atoms with Gasteiger partial charge < -0.3 is 15.6 Å². The predicted octanol–water partition coefficient (Wildman–Crippen LogP) is -0.878. The van der Waals surface area contributed by atoms with Crippen LogP contribution in [0.15, 0.2) is 0 Å². The standard InChI is InChI=1S/C7H10N4O4/c1-15-7(14)5-6(8)11(10-9-5)3-2-4(12)13/h2-3,8H2,1H3,(H,12,13). The molecule has 0 fully saturated rings. The number of carbonyl (C=O) groups is 2. The Morgan fingerprint density at radius 2 is 2.27 bits per heavy atom. The van der Waals surface area contributed by atoms with Crippen LogP contribution in [0, 0.1) is 0 Å². The molecule has 0 aliphatic heterocycles. The van der Waals surface area contributed by atoms with E-state index in [1.165, 1.54) is 7.11 Å². The lowest BCUT2D eigenvalue weighted by molar-refractivity contribution is -0.137. The number of methoxy groups -OCH3 is 1. The van der Waals surface area contributed by atoms with Crippen LogP contribution in [-0.2, 0) is 16.1 Å². The van der Waals surface area contributed by atoms with Gasteiger partial charge in [-0.2, -0.15) is 0 Å². The first-order valence-corrected chi connectivity index (χ1v) is 4.05. The van der Waals surface area contributed by atoms with Gasteiger partial charge in [-0.3, -0.25) is 4.79 Å². The van der Waals surface area contributed by atoms with Crippen molar-refractivity contribution in [2.75, 3.05) is 12.8 Å². The maximum atomic E-state index is 11.1. The lowest BCUT2D eigenvalue weighted by atomic mass is 10.4. The Labute approximate surface area is 84.6 Å². The van der Waals surface area contributed by atoms with Crippen molar-refractivity contribution in [3.63, 3.8) is 0 Å². The Hall–Kier alpha value is -2.12. The third-order valence-electron chi connectivity index (χ3n) is 1.69. The number of aryl methyl sites for hydroxylation is 1. The van der Waals surface area contributed by atoms with E-state index in [4.69, 9.17) is 10.8 Å². The number of carboxylic acid groups (broad SMARTS) is 1. The van der Waals surface area contributed by atoms with E-state index in [9.17, 15) is 9.59 Å². The third-order valence-corrected chi connectivity index (χ3v) is 1.69.